The lowest BCUT2D eigenvalue weighted by molar-refractivity contribution is 0.0821. The van der Waals surface area contributed by atoms with Gasteiger partial charge in [-0.1, -0.05) is 45.9 Å². The summed E-state index contributed by atoms with van der Waals surface area (Å²) in [6, 6.07) is 4.80. The number of anilines is 1. The van der Waals surface area contributed by atoms with E-state index in [1.54, 1.807) is 14.1 Å². The second-order valence-corrected chi connectivity index (χ2v) is 9.25. The van der Waals surface area contributed by atoms with E-state index in [9.17, 15) is 18.0 Å². The first-order valence-corrected chi connectivity index (χ1v) is 10.9. The Labute approximate surface area is 177 Å². The highest BCUT2D eigenvalue weighted by atomic mass is 32.2. The van der Waals surface area contributed by atoms with Gasteiger partial charge >= 0.3 is 6.03 Å². The molecule has 1 heterocycles. The Kier molecular flexibility index (Phi) is 7.14. The fourth-order valence-corrected chi connectivity index (χ4v) is 3.59. The average Bonchev–Trinajstić information content (AvgIpc) is 2.66. The third-order valence-corrected chi connectivity index (χ3v) is 5.58. The van der Waals surface area contributed by atoms with Crippen LogP contribution in [0, 0.1) is 0 Å². The van der Waals surface area contributed by atoms with Gasteiger partial charge < -0.3 is 10.2 Å². The molecule has 30 heavy (non-hydrogen) atoms. The quantitative estimate of drug-likeness (QED) is 0.722. The monoisotopic (exact) mass is 433 g/mol. The third-order valence-electron chi connectivity index (χ3n) is 4.37. The van der Waals surface area contributed by atoms with Crippen molar-refractivity contribution in [1.82, 2.24) is 19.6 Å². The molecule has 2 aromatic rings. The third kappa shape index (κ3) is 5.32. The fourth-order valence-electron chi connectivity index (χ4n) is 2.80. The van der Waals surface area contributed by atoms with Crippen LogP contribution in [-0.4, -0.2) is 49.3 Å². The van der Waals surface area contributed by atoms with Gasteiger partial charge in [-0.3, -0.25) is 4.79 Å². The van der Waals surface area contributed by atoms with E-state index in [0.717, 1.165) is 23.5 Å². The van der Waals surface area contributed by atoms with E-state index in [-0.39, 0.29) is 17.5 Å². The maximum Gasteiger partial charge on any atom is 0.333 e. The molecule has 0 radical (unpaired) electrons. The van der Waals surface area contributed by atoms with Crippen molar-refractivity contribution in [2.24, 2.45) is 0 Å². The number of rotatable bonds is 6. The van der Waals surface area contributed by atoms with Crippen molar-refractivity contribution >= 4 is 27.6 Å². The minimum atomic E-state index is -4.27. The summed E-state index contributed by atoms with van der Waals surface area (Å²) in [5.41, 5.74) is 2.39. The number of para-hydroxylation sites is 1. The highest BCUT2D eigenvalue weighted by Crippen LogP contribution is 2.32. The van der Waals surface area contributed by atoms with Crippen LogP contribution in [0.4, 0.5) is 10.5 Å². The molecule has 0 aliphatic carbocycles. The number of amides is 3. The van der Waals surface area contributed by atoms with Crippen molar-refractivity contribution in [2.45, 2.75) is 44.6 Å². The standard InChI is InChI=1S/C20H27N5O4S/c1-12(2)14-8-7-9-15(13(3)4)18(14)23-20(27)24-30(28,29)17-11-21-16(10-22-17)19(26)25(5)6/h7-13H,1-6H3,(H2,23,24,27). The van der Waals surface area contributed by atoms with E-state index in [4.69, 9.17) is 0 Å². The highest BCUT2D eigenvalue weighted by molar-refractivity contribution is 7.90. The Morgan fingerprint density at radius 1 is 0.967 bits per heavy atom. The SMILES string of the molecule is CC(C)c1cccc(C(C)C)c1NC(=O)NS(=O)(=O)c1cnc(C(=O)N(C)C)cn1. The van der Waals surface area contributed by atoms with Crippen LogP contribution >= 0.6 is 0 Å². The van der Waals surface area contributed by atoms with Gasteiger partial charge in [-0.05, 0) is 23.0 Å². The lowest BCUT2D eigenvalue weighted by Gasteiger charge is -2.20. The van der Waals surface area contributed by atoms with E-state index in [2.05, 4.69) is 15.3 Å². The fraction of sp³-hybridized carbons (Fsp3) is 0.400. The van der Waals surface area contributed by atoms with Gasteiger partial charge in [-0.2, -0.15) is 8.42 Å². The molecular formula is C20H27N5O4S. The minimum absolute atomic E-state index is 0.00385. The summed E-state index contributed by atoms with van der Waals surface area (Å²) in [5.74, 6) is -0.157. The molecule has 0 saturated carbocycles. The summed E-state index contributed by atoms with van der Waals surface area (Å²) >= 11 is 0. The molecule has 0 aliphatic rings. The summed E-state index contributed by atoms with van der Waals surface area (Å²) < 4.78 is 27.0. The maximum absolute atomic E-state index is 12.5. The van der Waals surface area contributed by atoms with Crippen molar-refractivity contribution in [1.29, 1.82) is 0 Å². The molecule has 10 heteroatoms. The lowest BCUT2D eigenvalue weighted by atomic mass is 9.93. The Morgan fingerprint density at radius 2 is 1.53 bits per heavy atom. The van der Waals surface area contributed by atoms with Crippen LogP contribution in [0.25, 0.3) is 0 Å². The molecule has 3 amide bonds. The highest BCUT2D eigenvalue weighted by Gasteiger charge is 2.23. The molecule has 2 N–H and O–H groups in total. The van der Waals surface area contributed by atoms with Crippen LogP contribution < -0.4 is 10.0 Å². The first kappa shape index (κ1) is 23.3. The molecule has 1 aromatic heterocycles. The van der Waals surface area contributed by atoms with Gasteiger partial charge in [-0.15, -0.1) is 0 Å². The number of nitrogens with zero attached hydrogens (tertiary/aromatic N) is 3. The van der Waals surface area contributed by atoms with Crippen LogP contribution in [0.5, 0.6) is 0 Å². The molecule has 0 bridgehead atoms. The Hall–Kier alpha value is -3.01. The second kappa shape index (κ2) is 9.21. The van der Waals surface area contributed by atoms with Crippen molar-refractivity contribution in [2.75, 3.05) is 19.4 Å². The number of hydrogen-bond acceptors (Lipinski definition) is 6. The number of carbonyl (C=O) groups is 2. The molecule has 0 aliphatic heterocycles. The molecule has 0 atom stereocenters. The zero-order valence-electron chi connectivity index (χ0n) is 17.9. The van der Waals surface area contributed by atoms with E-state index >= 15 is 0 Å². The Morgan fingerprint density at radius 3 is 1.97 bits per heavy atom. The molecule has 0 unspecified atom stereocenters. The summed E-state index contributed by atoms with van der Waals surface area (Å²) in [6.07, 6.45) is 1.99. The van der Waals surface area contributed by atoms with Crippen LogP contribution in [0.3, 0.4) is 0 Å². The zero-order chi connectivity index (χ0) is 22.6. The lowest BCUT2D eigenvalue weighted by Crippen LogP contribution is -2.35. The van der Waals surface area contributed by atoms with Crippen molar-refractivity contribution < 1.29 is 18.0 Å². The van der Waals surface area contributed by atoms with Gasteiger partial charge in [0, 0.05) is 19.8 Å². The van der Waals surface area contributed by atoms with Crippen LogP contribution in [0.1, 0.15) is 61.1 Å². The Bertz CT molecular complexity index is 1010. The maximum atomic E-state index is 12.5. The smallest absolute Gasteiger partial charge is 0.333 e. The van der Waals surface area contributed by atoms with Crippen molar-refractivity contribution in [3.05, 3.63) is 47.4 Å². The van der Waals surface area contributed by atoms with E-state index in [0.29, 0.717) is 5.69 Å². The topological polar surface area (TPSA) is 121 Å². The van der Waals surface area contributed by atoms with Crippen LogP contribution in [-0.2, 0) is 10.0 Å². The van der Waals surface area contributed by atoms with Crippen molar-refractivity contribution in [3.8, 4) is 0 Å². The number of sulfonamides is 1. The molecule has 0 saturated heterocycles. The summed E-state index contributed by atoms with van der Waals surface area (Å²) in [5, 5.41) is 2.21. The number of urea groups is 1. The second-order valence-electron chi connectivity index (χ2n) is 7.62. The molecule has 9 nitrogen and oxygen atoms in total. The Balaban J connectivity index is 2.25. The molecule has 2 rings (SSSR count). The molecule has 162 valence electrons. The number of carbonyl (C=O) groups excluding carboxylic acids is 2. The van der Waals surface area contributed by atoms with Gasteiger partial charge in [0.1, 0.15) is 5.69 Å². The van der Waals surface area contributed by atoms with Gasteiger partial charge in [0.2, 0.25) is 0 Å². The van der Waals surface area contributed by atoms with Gasteiger partial charge in [0.25, 0.3) is 15.9 Å². The number of benzene rings is 1. The predicted molar refractivity (Wildman–Crippen MR) is 114 cm³/mol. The minimum Gasteiger partial charge on any atom is -0.343 e. The number of aromatic nitrogens is 2. The average molecular weight is 434 g/mol. The van der Waals surface area contributed by atoms with Gasteiger partial charge in [0.05, 0.1) is 12.4 Å². The largest absolute Gasteiger partial charge is 0.343 e. The van der Waals surface area contributed by atoms with Crippen LogP contribution in [0.2, 0.25) is 0 Å². The van der Waals surface area contributed by atoms with Gasteiger partial charge in [-0.25, -0.2) is 19.5 Å². The van der Waals surface area contributed by atoms with E-state index in [1.807, 2.05) is 50.6 Å². The predicted octanol–water partition coefficient (Wildman–Crippen LogP) is 2.94. The summed E-state index contributed by atoms with van der Waals surface area (Å²) in [6.45, 7) is 7.97. The number of hydrogen-bond donors (Lipinski definition) is 2. The normalized spacial score (nSPS) is 11.5. The molecule has 0 fully saturated rings. The summed E-state index contributed by atoms with van der Waals surface area (Å²) in [7, 11) is -1.18. The van der Waals surface area contributed by atoms with Gasteiger partial charge in [0.15, 0.2) is 5.03 Å². The molecule has 1 aromatic carbocycles. The molecular weight excluding hydrogens is 406 g/mol. The zero-order valence-corrected chi connectivity index (χ0v) is 18.7. The van der Waals surface area contributed by atoms with E-state index < -0.39 is 27.0 Å². The van der Waals surface area contributed by atoms with E-state index in [1.165, 1.54) is 4.90 Å². The van der Waals surface area contributed by atoms with Crippen LogP contribution in [0.15, 0.2) is 35.6 Å². The molecule has 0 spiro atoms. The van der Waals surface area contributed by atoms with Crippen molar-refractivity contribution in [3.63, 3.8) is 0 Å². The first-order chi connectivity index (χ1) is 13.9. The summed E-state index contributed by atoms with van der Waals surface area (Å²) in [4.78, 5) is 33.2. The first-order valence-electron chi connectivity index (χ1n) is 9.44. The number of nitrogens with one attached hydrogen (secondary N) is 2.